The lowest BCUT2D eigenvalue weighted by Gasteiger charge is -2.22. The molecule has 0 saturated carbocycles. The number of hydrogen-bond acceptors (Lipinski definition) is 2. The third-order valence-corrected chi connectivity index (χ3v) is 5.49. The van der Waals surface area contributed by atoms with Crippen LogP contribution in [0.2, 0.25) is 0 Å². The van der Waals surface area contributed by atoms with E-state index in [1.165, 1.54) is 25.0 Å². The van der Waals surface area contributed by atoms with Crippen LogP contribution >= 0.6 is 27.7 Å². The van der Waals surface area contributed by atoms with Crippen LogP contribution in [0.1, 0.15) is 33.1 Å². The van der Waals surface area contributed by atoms with E-state index in [-0.39, 0.29) is 10.7 Å². The number of rotatable bonds is 4. The van der Waals surface area contributed by atoms with Crippen molar-refractivity contribution in [2.45, 2.75) is 43.2 Å². The molecule has 4 heteroatoms. The van der Waals surface area contributed by atoms with E-state index >= 15 is 0 Å². The maximum Gasteiger partial charge on any atom is 0.234 e. The summed E-state index contributed by atoms with van der Waals surface area (Å²) in [6.45, 7) is 4.93. The number of hydrogen-bond donors (Lipinski definition) is 1. The molecule has 0 aliphatic carbocycles. The second kappa shape index (κ2) is 6.79. The second-order valence-corrected chi connectivity index (χ2v) is 6.77. The van der Waals surface area contributed by atoms with Gasteiger partial charge in [-0.1, -0.05) is 36.2 Å². The molecule has 0 aromatic rings. The predicted octanol–water partition coefficient (Wildman–Crippen LogP) is 2.81. The maximum atomic E-state index is 11.7. The van der Waals surface area contributed by atoms with E-state index in [2.05, 4.69) is 21.2 Å². The Hall–Kier alpha value is 0.300. The van der Waals surface area contributed by atoms with Gasteiger partial charge in [0.1, 0.15) is 0 Å². The van der Waals surface area contributed by atoms with Crippen LogP contribution in [0.15, 0.2) is 0 Å². The molecule has 0 bridgehead atoms. The minimum Gasteiger partial charge on any atom is -0.354 e. The van der Waals surface area contributed by atoms with Gasteiger partial charge >= 0.3 is 0 Å². The third kappa shape index (κ3) is 4.77. The highest BCUT2D eigenvalue weighted by molar-refractivity contribution is 9.10. The van der Waals surface area contributed by atoms with E-state index in [9.17, 15) is 4.79 Å². The quantitative estimate of drug-likeness (QED) is 0.808. The number of alkyl halides is 1. The molecule has 1 aliphatic rings. The number of carbonyl (C=O) groups excluding carboxylic acids is 1. The smallest absolute Gasteiger partial charge is 0.234 e. The number of halogens is 1. The van der Waals surface area contributed by atoms with Gasteiger partial charge in [-0.2, -0.15) is 11.8 Å². The second-order valence-electron chi connectivity index (χ2n) is 4.38. The number of carbonyl (C=O) groups is 1. The van der Waals surface area contributed by atoms with Crippen LogP contribution in [0.3, 0.4) is 0 Å². The highest BCUT2D eigenvalue weighted by Crippen LogP contribution is 2.24. The Labute approximate surface area is 105 Å². The Morgan fingerprint density at radius 2 is 2.27 bits per heavy atom. The first-order chi connectivity index (χ1) is 7.11. The van der Waals surface area contributed by atoms with Crippen molar-refractivity contribution in [3.63, 3.8) is 0 Å². The normalized spacial score (nSPS) is 23.9. The van der Waals surface area contributed by atoms with E-state index < -0.39 is 0 Å². The van der Waals surface area contributed by atoms with Gasteiger partial charge in [-0.3, -0.25) is 4.79 Å². The summed E-state index contributed by atoms with van der Waals surface area (Å²) < 4.78 is 0. The molecule has 88 valence electrons. The van der Waals surface area contributed by atoms with E-state index in [1.54, 1.807) is 0 Å². The van der Waals surface area contributed by atoms with Gasteiger partial charge in [0.25, 0.3) is 0 Å². The summed E-state index contributed by atoms with van der Waals surface area (Å²) in [5, 5.41) is 3.66. The highest BCUT2D eigenvalue weighted by atomic mass is 79.9. The van der Waals surface area contributed by atoms with Crippen molar-refractivity contribution in [3.05, 3.63) is 0 Å². The summed E-state index contributed by atoms with van der Waals surface area (Å²) in [6.07, 6.45) is 3.90. The fourth-order valence-corrected chi connectivity index (χ4v) is 2.98. The van der Waals surface area contributed by atoms with Crippen molar-refractivity contribution in [1.82, 2.24) is 5.32 Å². The minimum atomic E-state index is -0.0499. The zero-order valence-corrected chi connectivity index (χ0v) is 11.9. The lowest BCUT2D eigenvalue weighted by Crippen LogP contribution is -2.38. The van der Waals surface area contributed by atoms with E-state index in [0.29, 0.717) is 11.2 Å². The molecule has 1 heterocycles. The van der Waals surface area contributed by atoms with Gasteiger partial charge in [0.15, 0.2) is 0 Å². The molecule has 1 saturated heterocycles. The molecular formula is C11H20BrNOS. The largest absolute Gasteiger partial charge is 0.354 e. The van der Waals surface area contributed by atoms with E-state index in [4.69, 9.17) is 0 Å². The molecule has 0 aromatic heterocycles. The predicted molar refractivity (Wildman–Crippen MR) is 70.7 cm³/mol. The summed E-state index contributed by atoms with van der Waals surface area (Å²) in [4.78, 5) is 11.6. The van der Waals surface area contributed by atoms with Crippen molar-refractivity contribution in [2.24, 2.45) is 5.92 Å². The molecule has 0 aromatic carbocycles. The Morgan fingerprint density at radius 1 is 1.53 bits per heavy atom. The van der Waals surface area contributed by atoms with E-state index in [1.807, 2.05) is 25.6 Å². The average Bonchev–Trinajstić information content (AvgIpc) is 2.26. The molecule has 0 spiro atoms. The summed E-state index contributed by atoms with van der Waals surface area (Å²) >= 11 is 5.41. The Morgan fingerprint density at radius 3 is 2.80 bits per heavy atom. The van der Waals surface area contributed by atoms with Gasteiger partial charge in [0, 0.05) is 11.8 Å². The summed E-state index contributed by atoms with van der Waals surface area (Å²) in [5.41, 5.74) is 0. The lowest BCUT2D eigenvalue weighted by atomic mass is 10.1. The zero-order chi connectivity index (χ0) is 11.3. The molecule has 1 rings (SSSR count). The molecule has 15 heavy (non-hydrogen) atoms. The van der Waals surface area contributed by atoms with Crippen LogP contribution in [0, 0.1) is 5.92 Å². The van der Waals surface area contributed by atoms with Gasteiger partial charge in [-0.15, -0.1) is 0 Å². The van der Waals surface area contributed by atoms with Crippen molar-refractivity contribution in [2.75, 3.05) is 12.3 Å². The van der Waals surface area contributed by atoms with Crippen LogP contribution in [-0.2, 0) is 4.79 Å². The van der Waals surface area contributed by atoms with Gasteiger partial charge in [0.05, 0.1) is 4.83 Å². The van der Waals surface area contributed by atoms with Gasteiger partial charge in [0.2, 0.25) is 5.91 Å². The lowest BCUT2D eigenvalue weighted by molar-refractivity contribution is -0.121. The molecular weight excluding hydrogens is 274 g/mol. The molecule has 2 atom stereocenters. The van der Waals surface area contributed by atoms with Crippen LogP contribution in [0.25, 0.3) is 0 Å². The maximum absolute atomic E-state index is 11.7. The molecule has 1 N–H and O–H groups in total. The summed E-state index contributed by atoms with van der Waals surface area (Å²) in [6, 6.07) is 0. The minimum absolute atomic E-state index is 0.0499. The van der Waals surface area contributed by atoms with Gasteiger partial charge in [-0.05, 0) is 24.5 Å². The monoisotopic (exact) mass is 293 g/mol. The molecule has 1 fully saturated rings. The first-order valence-corrected chi connectivity index (χ1v) is 7.61. The number of amides is 1. The molecule has 1 aliphatic heterocycles. The first kappa shape index (κ1) is 13.4. The number of nitrogens with one attached hydrogen (secondary N) is 1. The molecule has 1 amide bonds. The SMILES string of the molecule is CC(C)C(Br)C(=O)NCC1CCCCS1. The van der Waals surface area contributed by atoms with Crippen molar-refractivity contribution >= 4 is 33.6 Å². The fourth-order valence-electron chi connectivity index (χ4n) is 1.58. The van der Waals surface area contributed by atoms with Crippen LogP contribution in [-0.4, -0.2) is 28.3 Å². The third-order valence-electron chi connectivity index (χ3n) is 2.61. The molecule has 2 unspecified atom stereocenters. The van der Waals surface area contributed by atoms with Crippen LogP contribution < -0.4 is 5.32 Å². The topological polar surface area (TPSA) is 29.1 Å². The summed E-state index contributed by atoms with van der Waals surface area (Å²) in [7, 11) is 0. The van der Waals surface area contributed by atoms with Gasteiger partial charge in [-0.25, -0.2) is 0 Å². The Kier molecular flexibility index (Phi) is 6.05. The summed E-state index contributed by atoms with van der Waals surface area (Å²) in [5.74, 6) is 1.74. The van der Waals surface area contributed by atoms with Crippen molar-refractivity contribution < 1.29 is 4.79 Å². The van der Waals surface area contributed by atoms with Crippen LogP contribution in [0.4, 0.5) is 0 Å². The highest BCUT2D eigenvalue weighted by Gasteiger charge is 2.20. The van der Waals surface area contributed by atoms with Gasteiger partial charge < -0.3 is 5.32 Å². The fraction of sp³-hybridized carbons (Fsp3) is 0.909. The van der Waals surface area contributed by atoms with Crippen molar-refractivity contribution in [3.8, 4) is 0 Å². The van der Waals surface area contributed by atoms with Crippen LogP contribution in [0.5, 0.6) is 0 Å². The zero-order valence-electron chi connectivity index (χ0n) is 9.46. The molecule has 2 nitrogen and oxygen atoms in total. The van der Waals surface area contributed by atoms with Crippen molar-refractivity contribution in [1.29, 1.82) is 0 Å². The first-order valence-electron chi connectivity index (χ1n) is 5.64. The average molecular weight is 294 g/mol. The standard InChI is InChI=1S/C11H20BrNOS/c1-8(2)10(12)11(14)13-7-9-5-3-4-6-15-9/h8-10H,3-7H2,1-2H3,(H,13,14). The Bertz CT molecular complexity index is 205. The molecule has 0 radical (unpaired) electrons. The Balaban J connectivity index is 2.20. The number of thioether (sulfide) groups is 1. The van der Waals surface area contributed by atoms with E-state index in [0.717, 1.165) is 6.54 Å².